The van der Waals surface area contributed by atoms with Crippen LogP contribution in [0.1, 0.15) is 20.8 Å². The summed E-state index contributed by atoms with van der Waals surface area (Å²) in [6.07, 6.45) is 0. The van der Waals surface area contributed by atoms with Crippen molar-refractivity contribution in [1.82, 2.24) is 0 Å². The van der Waals surface area contributed by atoms with E-state index >= 15 is 0 Å². The van der Waals surface area contributed by atoms with Gasteiger partial charge in [-0.05, 0) is 19.6 Å². The molecule has 0 saturated carbocycles. The van der Waals surface area contributed by atoms with Gasteiger partial charge in [0.1, 0.15) is 0 Å². The Kier molecular flexibility index (Phi) is 37.4. The number of aliphatic hydroxyl groups is 1. The van der Waals surface area contributed by atoms with Gasteiger partial charge >= 0.3 is 30.2 Å². The summed E-state index contributed by atoms with van der Waals surface area (Å²) in [4.78, 5) is 8.66. The van der Waals surface area contributed by atoms with Crippen molar-refractivity contribution in [3.05, 3.63) is 55.6 Å². The SMILES string of the molecule is CC(C)(C)[NH-].CO.C[Si](C)(C)O.Cl.Cl.[CH3-].[Si]=[Zr].c1ccc2[cH-]ccc2c1. The molecule has 0 aromatic heterocycles. The summed E-state index contributed by atoms with van der Waals surface area (Å²) in [5.41, 5.74) is 6.69. The van der Waals surface area contributed by atoms with Crippen molar-refractivity contribution in [2.24, 2.45) is 0 Å². The van der Waals surface area contributed by atoms with Gasteiger partial charge < -0.3 is 23.1 Å². The van der Waals surface area contributed by atoms with E-state index in [0.717, 1.165) is 7.11 Å². The van der Waals surface area contributed by atoms with Crippen LogP contribution in [-0.4, -0.2) is 37.7 Å². The zero-order valence-corrected chi connectivity index (χ0v) is 23.3. The summed E-state index contributed by atoms with van der Waals surface area (Å²) in [6.45, 7) is 14.3. The van der Waals surface area contributed by atoms with E-state index in [2.05, 4.69) is 49.3 Å². The fourth-order valence-electron chi connectivity index (χ4n) is 1.07. The summed E-state index contributed by atoms with van der Waals surface area (Å²) < 4.78 is 0. The van der Waals surface area contributed by atoms with Crippen LogP contribution < -0.4 is 0 Å². The maximum absolute atomic E-state index is 8.66. The molecule has 0 bridgehead atoms. The predicted octanol–water partition coefficient (Wildman–Crippen LogP) is 5.73. The second-order valence-electron chi connectivity index (χ2n) is 6.58. The minimum absolute atomic E-state index is 0. The van der Waals surface area contributed by atoms with Gasteiger partial charge in [0.15, 0.2) is 8.32 Å². The molecule has 0 fully saturated rings. The third-order valence-corrected chi connectivity index (χ3v) is 1.55. The zero-order chi connectivity index (χ0) is 19.1. The number of hydrogen-bond acceptors (Lipinski definition) is 2. The molecular weight excluding hydrogens is 481 g/mol. The minimum Gasteiger partial charge on any atom is -0.168 e. The molecule has 2 radical (unpaired) electrons. The summed E-state index contributed by atoms with van der Waals surface area (Å²) in [5.74, 6) is 0. The number of hydrogen-bond donors (Lipinski definition) is 2. The Bertz CT molecular complexity index is 447. The topological polar surface area (TPSA) is 64.3 Å². The molecule has 26 heavy (non-hydrogen) atoms. The van der Waals surface area contributed by atoms with Crippen LogP contribution >= 0.6 is 24.8 Å². The van der Waals surface area contributed by atoms with Crippen molar-refractivity contribution in [3.8, 4) is 0 Å². The second-order valence-corrected chi connectivity index (χ2v) is 10.9. The fraction of sp³-hybridized carbons (Fsp3) is 0.444. The van der Waals surface area contributed by atoms with Crippen LogP contribution in [0.15, 0.2) is 42.5 Å². The number of aliphatic hydroxyl groups excluding tert-OH is 1. The van der Waals surface area contributed by atoms with Gasteiger partial charge in [0.05, 0.1) is 0 Å². The van der Waals surface area contributed by atoms with Gasteiger partial charge in [0.2, 0.25) is 0 Å². The summed E-state index contributed by atoms with van der Waals surface area (Å²) in [7, 11) is -0.611. The fourth-order valence-corrected chi connectivity index (χ4v) is 1.07. The van der Waals surface area contributed by atoms with Gasteiger partial charge in [-0.15, -0.1) is 60.0 Å². The molecule has 0 unspecified atom stereocenters. The Morgan fingerprint density at radius 2 is 1.31 bits per heavy atom. The number of benzene rings is 1. The average Bonchev–Trinajstić information content (AvgIpc) is 2.88. The number of fused-ring (bicyclic) bond motifs is 1. The molecule has 0 heterocycles. The molecule has 0 amide bonds. The Labute approximate surface area is 191 Å². The van der Waals surface area contributed by atoms with Crippen LogP contribution in [0.25, 0.3) is 16.5 Å². The van der Waals surface area contributed by atoms with Crippen molar-refractivity contribution < 1.29 is 33.2 Å². The molecule has 2 rings (SSSR count). The molecular formula is C18H36Cl2NO2Si2Zr-3. The summed E-state index contributed by atoms with van der Waals surface area (Å²) in [6, 6.07) is 14.7. The zero-order valence-electron chi connectivity index (χ0n) is 17.3. The van der Waals surface area contributed by atoms with Crippen LogP contribution in [0, 0.1) is 7.43 Å². The van der Waals surface area contributed by atoms with Crippen molar-refractivity contribution in [2.75, 3.05) is 7.11 Å². The van der Waals surface area contributed by atoms with Gasteiger partial charge in [-0.3, -0.25) is 0 Å². The van der Waals surface area contributed by atoms with Gasteiger partial charge in [-0.2, -0.15) is 17.5 Å². The van der Waals surface area contributed by atoms with Crippen LogP contribution in [0.4, 0.5) is 0 Å². The molecule has 2 aromatic carbocycles. The predicted molar refractivity (Wildman–Crippen MR) is 124 cm³/mol. The Morgan fingerprint density at radius 1 is 1.00 bits per heavy atom. The molecule has 2 aromatic rings. The largest absolute Gasteiger partial charge is 0.168 e. The molecule has 3 nitrogen and oxygen atoms in total. The molecule has 0 aliphatic rings. The van der Waals surface area contributed by atoms with Crippen LogP contribution in [0.2, 0.25) is 19.6 Å². The third kappa shape index (κ3) is 44.2. The van der Waals surface area contributed by atoms with E-state index in [-0.39, 0.29) is 37.8 Å². The molecule has 0 saturated heterocycles. The number of halogens is 2. The molecule has 154 valence electrons. The van der Waals surface area contributed by atoms with E-state index in [4.69, 9.17) is 15.6 Å². The van der Waals surface area contributed by atoms with Crippen molar-refractivity contribution in [2.45, 2.75) is 46.0 Å². The van der Waals surface area contributed by atoms with Crippen molar-refractivity contribution in [3.63, 3.8) is 0 Å². The molecule has 0 aliphatic carbocycles. The Hall–Kier alpha value is 0.607. The Balaban J connectivity index is -0.0000000526. The van der Waals surface area contributed by atoms with Crippen LogP contribution in [0.3, 0.4) is 0 Å². The summed E-state index contributed by atoms with van der Waals surface area (Å²) in [5, 5.41) is 9.66. The smallest absolute Gasteiger partial charge is 0.0809 e. The van der Waals surface area contributed by atoms with E-state index in [1.807, 2.05) is 40.4 Å². The monoisotopic (exact) mass is 514 g/mol. The molecule has 3 N–H and O–H groups in total. The van der Waals surface area contributed by atoms with E-state index in [1.54, 1.807) is 0 Å². The van der Waals surface area contributed by atoms with Gasteiger partial charge in [-0.25, -0.2) is 0 Å². The molecule has 0 spiro atoms. The van der Waals surface area contributed by atoms with Gasteiger partial charge in [0.25, 0.3) is 0 Å². The second kappa shape index (κ2) is 23.6. The standard InChI is InChI=1S/C9H7.C4H10N.C3H10OSi.CH4O.CH3.2ClH.Si.Zr/c1-2-5-9-7-3-6-8(9)4-1;1-4(2,3)5;1-5(2,3)4;1-2;;;;;/h1-7H;5H,1-3H3;4H,1-3H3;2H,1H3;1H3;2*1H;;/q2*-1;;;-1;;;;. The number of rotatable bonds is 0. The van der Waals surface area contributed by atoms with Crippen LogP contribution in [0.5, 0.6) is 0 Å². The normalized spacial score (nSPS) is 8.50. The molecule has 0 aliphatic heterocycles. The van der Waals surface area contributed by atoms with E-state index < -0.39 is 8.32 Å². The maximum Gasteiger partial charge on any atom is -0.0809 e. The first-order valence-corrected chi connectivity index (χ1v) is 14.9. The number of nitrogens with one attached hydrogen (secondary N) is 1. The minimum atomic E-state index is -1.61. The summed E-state index contributed by atoms with van der Waals surface area (Å²) >= 11 is 1.36. The first-order chi connectivity index (χ1) is 10.5. The van der Waals surface area contributed by atoms with E-state index in [1.165, 1.54) is 34.1 Å². The quantitative estimate of drug-likeness (QED) is 0.347. The van der Waals surface area contributed by atoms with E-state index in [9.17, 15) is 0 Å². The van der Waals surface area contributed by atoms with Gasteiger partial charge in [0, 0.05) is 7.11 Å². The maximum atomic E-state index is 8.66. The third-order valence-electron chi connectivity index (χ3n) is 1.55. The van der Waals surface area contributed by atoms with Crippen molar-refractivity contribution >= 4 is 50.8 Å². The molecule has 0 atom stereocenters. The van der Waals surface area contributed by atoms with Crippen LogP contribution in [-0.2, 0) is 23.3 Å². The average molecular weight is 517 g/mol. The first kappa shape index (κ1) is 41.1. The van der Waals surface area contributed by atoms with Gasteiger partial charge in [-0.1, -0.05) is 26.8 Å². The Morgan fingerprint density at radius 3 is 1.62 bits per heavy atom. The molecule has 8 heteroatoms. The first-order valence-electron chi connectivity index (χ1n) is 7.24. The van der Waals surface area contributed by atoms with Crippen molar-refractivity contribution in [1.29, 1.82) is 0 Å². The van der Waals surface area contributed by atoms with E-state index in [0.29, 0.717) is 0 Å².